The molecule has 0 amide bonds. The van der Waals surface area contributed by atoms with Crippen LogP contribution in [0.5, 0.6) is 0 Å². The molecule has 0 aliphatic rings. The summed E-state index contributed by atoms with van der Waals surface area (Å²) >= 11 is 4.75. The van der Waals surface area contributed by atoms with Crippen LogP contribution in [-0.4, -0.2) is 19.4 Å². The van der Waals surface area contributed by atoms with Crippen LogP contribution in [0.1, 0.15) is 5.01 Å². The number of anilines is 1. The van der Waals surface area contributed by atoms with Crippen LogP contribution in [0.2, 0.25) is 0 Å². The zero-order valence-corrected chi connectivity index (χ0v) is 18.5. The highest BCUT2D eigenvalue weighted by Gasteiger charge is 2.13. The third-order valence-corrected chi connectivity index (χ3v) is 6.48. The van der Waals surface area contributed by atoms with E-state index in [0.29, 0.717) is 16.3 Å². The van der Waals surface area contributed by atoms with Crippen LogP contribution in [0, 0.1) is 11.3 Å². The zero-order chi connectivity index (χ0) is 21.7. The first-order chi connectivity index (χ1) is 14.3. The van der Waals surface area contributed by atoms with Crippen LogP contribution in [0.15, 0.2) is 73.9 Å². The van der Waals surface area contributed by atoms with Crippen molar-refractivity contribution in [1.29, 1.82) is 5.26 Å². The van der Waals surface area contributed by atoms with Crippen LogP contribution in [0.25, 0.3) is 16.8 Å². The van der Waals surface area contributed by atoms with Crippen molar-refractivity contribution >= 4 is 54.5 Å². The van der Waals surface area contributed by atoms with Gasteiger partial charge in [-0.15, -0.1) is 15.7 Å². The van der Waals surface area contributed by atoms with Crippen molar-refractivity contribution in [3.8, 4) is 17.3 Å². The van der Waals surface area contributed by atoms with E-state index in [0.717, 1.165) is 15.7 Å². The average Bonchev–Trinajstić information content (AvgIpc) is 3.18. The van der Waals surface area contributed by atoms with Gasteiger partial charge in [0.15, 0.2) is 0 Å². The number of sulfonamides is 1. The van der Waals surface area contributed by atoms with Crippen molar-refractivity contribution in [2.75, 3.05) is 5.32 Å². The highest BCUT2D eigenvalue weighted by molar-refractivity contribution is 9.10. The number of aromatic nitrogens is 1. The number of nitrogens with two attached hydrogens (primary N) is 2. The second kappa shape index (κ2) is 9.08. The van der Waals surface area contributed by atoms with Gasteiger partial charge in [-0.1, -0.05) is 28.1 Å². The summed E-state index contributed by atoms with van der Waals surface area (Å²) in [6.07, 6.45) is 1.52. The van der Waals surface area contributed by atoms with Gasteiger partial charge < -0.3 is 16.8 Å². The number of guanidine groups is 1. The molecule has 0 saturated heterocycles. The molecule has 2 aromatic carbocycles. The second-order valence-corrected chi connectivity index (χ2v) is 9.25. The lowest BCUT2D eigenvalue weighted by molar-refractivity contribution is 0.598. The Morgan fingerprint density at radius 2 is 1.83 bits per heavy atom. The molecular weight excluding hydrogens is 488 g/mol. The highest BCUT2D eigenvalue weighted by Crippen LogP contribution is 2.27. The van der Waals surface area contributed by atoms with Crippen LogP contribution in [0.4, 0.5) is 5.69 Å². The minimum Gasteiger partial charge on any atom is -0.369 e. The van der Waals surface area contributed by atoms with Crippen molar-refractivity contribution < 1.29 is 8.42 Å². The molecule has 152 valence electrons. The monoisotopic (exact) mass is 502 g/mol. The molecule has 11 heteroatoms. The lowest BCUT2D eigenvalue weighted by Gasteiger charge is -2.03. The summed E-state index contributed by atoms with van der Waals surface area (Å²) in [5, 5.41) is 14.9. The lowest BCUT2D eigenvalue weighted by Crippen LogP contribution is -2.24. The average molecular weight is 503 g/mol. The van der Waals surface area contributed by atoms with Gasteiger partial charge in [-0.2, -0.15) is 13.7 Å². The van der Waals surface area contributed by atoms with E-state index in [2.05, 4.69) is 36.7 Å². The topological polar surface area (TPSA) is 147 Å². The van der Waals surface area contributed by atoms with Gasteiger partial charge in [-0.25, -0.2) is 4.98 Å². The van der Waals surface area contributed by atoms with E-state index in [1.54, 1.807) is 0 Å². The first kappa shape index (κ1) is 21.5. The molecule has 0 bridgehead atoms. The molecule has 0 aliphatic heterocycles. The molecule has 30 heavy (non-hydrogen) atoms. The van der Waals surface area contributed by atoms with Crippen molar-refractivity contribution in [3.63, 3.8) is 0 Å². The van der Waals surface area contributed by atoms with E-state index in [4.69, 9.17) is 11.5 Å². The zero-order valence-electron chi connectivity index (χ0n) is 15.3. The molecule has 0 radical (unpaired) electrons. The summed E-state index contributed by atoms with van der Waals surface area (Å²) in [5.41, 5.74) is 12.9. The molecule has 0 unspecified atom stereocenters. The number of allylic oxidation sites excluding steroid dienone is 1. The number of thiazole rings is 1. The third kappa shape index (κ3) is 5.24. The Morgan fingerprint density at radius 3 is 2.43 bits per heavy atom. The van der Waals surface area contributed by atoms with Crippen LogP contribution >= 0.6 is 27.3 Å². The molecule has 1 heterocycles. The number of hydrogen-bond acceptors (Lipinski definition) is 6. The van der Waals surface area contributed by atoms with Gasteiger partial charge in [-0.3, -0.25) is 0 Å². The van der Waals surface area contributed by atoms with Crippen LogP contribution in [-0.2, 0) is 10.0 Å². The molecule has 1 aromatic heterocycles. The van der Waals surface area contributed by atoms with Gasteiger partial charge in [0.2, 0.25) is 5.96 Å². The molecular formula is C19H15BrN6O2S2. The Hall–Kier alpha value is -3.20. The maximum absolute atomic E-state index is 12.0. The molecule has 0 fully saturated rings. The molecule has 5 N–H and O–H groups in total. The highest BCUT2D eigenvalue weighted by atomic mass is 79.9. The van der Waals surface area contributed by atoms with Gasteiger partial charge in [0.1, 0.15) is 16.6 Å². The molecule has 0 saturated carbocycles. The number of nitrogens with one attached hydrogen (secondary N) is 1. The molecule has 3 rings (SSSR count). The normalized spacial score (nSPS) is 11.5. The largest absolute Gasteiger partial charge is 0.369 e. The maximum atomic E-state index is 12.0. The first-order valence-corrected chi connectivity index (χ1v) is 11.4. The van der Waals surface area contributed by atoms with Gasteiger partial charge >= 0.3 is 0 Å². The standard InChI is InChI=1S/C19H15BrN6O2S2/c20-14-3-1-12(2-4-14)17-11-29-18(25-17)13(9-21)10-24-15-5-7-16(8-6-15)30(27,28)26-19(22)23/h1-8,10-11,24H,(H4,22,23,26)/b13-10+. The fourth-order valence-corrected chi connectivity index (χ4v) is 4.28. The molecule has 0 aliphatic carbocycles. The molecule has 8 nitrogen and oxygen atoms in total. The number of halogens is 1. The van der Waals surface area contributed by atoms with Gasteiger partial charge in [-0.05, 0) is 36.4 Å². The molecule has 0 spiro atoms. The smallest absolute Gasteiger partial charge is 0.285 e. The Bertz CT molecular complexity index is 1250. The van der Waals surface area contributed by atoms with Gasteiger partial charge in [0.25, 0.3) is 10.0 Å². The number of nitrogens with zero attached hydrogens (tertiary/aromatic N) is 3. The van der Waals surface area contributed by atoms with E-state index in [9.17, 15) is 13.7 Å². The predicted molar refractivity (Wildman–Crippen MR) is 122 cm³/mol. The summed E-state index contributed by atoms with van der Waals surface area (Å²) in [7, 11) is -3.95. The van der Waals surface area contributed by atoms with E-state index in [1.807, 2.05) is 29.6 Å². The number of benzene rings is 2. The SMILES string of the molecule is N#C/C(=C\Nc1ccc(S(=O)(=O)N=C(N)N)cc1)c1nc(-c2ccc(Br)cc2)cs1. The minimum atomic E-state index is -3.95. The van der Waals surface area contributed by atoms with Crippen molar-refractivity contribution in [3.05, 3.63) is 69.6 Å². The van der Waals surface area contributed by atoms with E-state index < -0.39 is 16.0 Å². The van der Waals surface area contributed by atoms with Gasteiger partial charge in [0, 0.05) is 27.3 Å². The Labute approximate surface area is 185 Å². The summed E-state index contributed by atoms with van der Waals surface area (Å²) in [5.74, 6) is -0.537. The van der Waals surface area contributed by atoms with Gasteiger partial charge in [0.05, 0.1) is 10.6 Å². The van der Waals surface area contributed by atoms with E-state index in [1.165, 1.54) is 41.8 Å². The fourth-order valence-electron chi connectivity index (χ4n) is 2.36. The summed E-state index contributed by atoms with van der Waals surface area (Å²) < 4.78 is 28.1. The minimum absolute atomic E-state index is 0.0509. The fraction of sp³-hybridized carbons (Fsp3) is 0. The predicted octanol–water partition coefficient (Wildman–Crippen LogP) is 3.51. The summed E-state index contributed by atoms with van der Waals surface area (Å²) in [4.78, 5) is 4.47. The first-order valence-electron chi connectivity index (χ1n) is 8.33. The second-order valence-electron chi connectivity index (χ2n) is 5.87. The number of nitriles is 1. The quantitative estimate of drug-likeness (QED) is 0.265. The van der Waals surface area contributed by atoms with E-state index in [-0.39, 0.29) is 4.90 Å². The third-order valence-electron chi connectivity index (χ3n) is 3.76. The van der Waals surface area contributed by atoms with Crippen molar-refractivity contribution in [2.45, 2.75) is 4.90 Å². The molecule has 0 atom stereocenters. The maximum Gasteiger partial charge on any atom is 0.285 e. The number of rotatable bonds is 6. The van der Waals surface area contributed by atoms with Crippen molar-refractivity contribution in [1.82, 2.24) is 4.98 Å². The Kier molecular flexibility index (Phi) is 6.51. The van der Waals surface area contributed by atoms with Crippen molar-refractivity contribution in [2.24, 2.45) is 15.9 Å². The number of hydrogen-bond donors (Lipinski definition) is 3. The van der Waals surface area contributed by atoms with Crippen LogP contribution in [0.3, 0.4) is 0 Å². The molecule has 3 aromatic rings. The van der Waals surface area contributed by atoms with E-state index >= 15 is 0 Å². The Balaban J connectivity index is 1.77. The lowest BCUT2D eigenvalue weighted by atomic mass is 10.2. The van der Waals surface area contributed by atoms with Crippen LogP contribution < -0.4 is 16.8 Å². The summed E-state index contributed by atoms with van der Waals surface area (Å²) in [6.45, 7) is 0. The summed E-state index contributed by atoms with van der Waals surface area (Å²) in [6, 6.07) is 15.6. The Morgan fingerprint density at radius 1 is 1.17 bits per heavy atom.